The molecule has 0 bridgehead atoms. The van der Waals surface area contributed by atoms with Crippen molar-refractivity contribution in [2.75, 3.05) is 0 Å². The van der Waals surface area contributed by atoms with E-state index in [1.807, 2.05) is 85.2 Å². The van der Waals surface area contributed by atoms with Gasteiger partial charge < -0.3 is 5.11 Å². The maximum Gasteiger partial charge on any atom is 0.372 e. The molecule has 0 aliphatic heterocycles. The Bertz CT molecular complexity index is 984. The predicted molar refractivity (Wildman–Crippen MR) is 127 cm³/mol. The van der Waals surface area contributed by atoms with E-state index in [-0.39, 0.29) is 0 Å². The lowest BCUT2D eigenvalue weighted by Crippen LogP contribution is -2.15. The Hall–Kier alpha value is -4.45. The van der Waals surface area contributed by atoms with Crippen LogP contribution in [0.25, 0.3) is 22.5 Å². The molecule has 2 aromatic carbocycles. The molecular weight excluding hydrogens is 416 g/mol. The van der Waals surface area contributed by atoms with Crippen molar-refractivity contribution in [1.29, 1.82) is 0 Å². The van der Waals surface area contributed by atoms with Crippen LogP contribution in [0, 0.1) is 0 Å². The number of rotatable bonds is 5. The second-order valence-corrected chi connectivity index (χ2v) is 6.77. The summed E-state index contributed by atoms with van der Waals surface area (Å²) in [4.78, 5) is 38.4. The summed E-state index contributed by atoms with van der Waals surface area (Å²) in [7, 11) is 0. The second kappa shape index (κ2) is 13.8. The molecule has 6 nitrogen and oxygen atoms in total. The minimum Gasteiger partial charge on any atom is -0.475 e. The van der Waals surface area contributed by atoms with Crippen LogP contribution in [0.4, 0.5) is 0 Å². The van der Waals surface area contributed by atoms with E-state index in [1.54, 1.807) is 0 Å². The molecule has 2 aromatic heterocycles. The molecule has 0 fully saturated rings. The average molecular weight is 440 g/mol. The zero-order valence-corrected chi connectivity index (χ0v) is 18.2. The van der Waals surface area contributed by atoms with E-state index in [9.17, 15) is 14.4 Å². The Labute approximate surface area is 192 Å². The molecule has 0 unspecified atom stereocenters. The first-order valence-electron chi connectivity index (χ1n) is 10.2. The number of carbonyl (C=O) groups is 3. The quantitative estimate of drug-likeness (QED) is 0.342. The number of aromatic nitrogens is 2. The van der Waals surface area contributed by atoms with Crippen molar-refractivity contribution in [3.8, 4) is 22.5 Å². The third-order valence-electron chi connectivity index (χ3n) is 4.12. The number of nitrogens with zero attached hydrogens (tertiary/aromatic N) is 2. The number of hydrogen-bond donors (Lipinski definition) is 1. The van der Waals surface area contributed by atoms with Gasteiger partial charge in [0.05, 0.1) is 17.8 Å². The van der Waals surface area contributed by atoms with E-state index in [0.29, 0.717) is 0 Å². The van der Waals surface area contributed by atoms with Gasteiger partial charge in [-0.15, -0.1) is 0 Å². The molecule has 0 saturated heterocycles. The van der Waals surface area contributed by atoms with Gasteiger partial charge in [-0.05, 0) is 31.2 Å². The molecule has 0 amide bonds. The van der Waals surface area contributed by atoms with Gasteiger partial charge in [-0.3, -0.25) is 19.6 Å². The maximum atomic E-state index is 10.1. The molecule has 0 radical (unpaired) electrons. The van der Waals surface area contributed by atoms with Crippen molar-refractivity contribution >= 4 is 17.5 Å². The lowest BCUT2D eigenvalue weighted by Gasteiger charge is -1.97. The number of aliphatic carboxylic acids is 1. The molecular formula is C27H24N2O4. The molecule has 6 heteroatoms. The fraction of sp³-hybridized carbons (Fsp3) is 0.0741. The van der Waals surface area contributed by atoms with Crippen LogP contribution < -0.4 is 0 Å². The van der Waals surface area contributed by atoms with Gasteiger partial charge in [0, 0.05) is 23.5 Å². The van der Waals surface area contributed by atoms with Crippen molar-refractivity contribution in [3.05, 3.63) is 109 Å². The van der Waals surface area contributed by atoms with Gasteiger partial charge in [0.15, 0.2) is 0 Å². The van der Waals surface area contributed by atoms with E-state index in [2.05, 4.69) is 34.2 Å². The van der Waals surface area contributed by atoms with E-state index in [1.165, 1.54) is 6.92 Å². The van der Waals surface area contributed by atoms with E-state index >= 15 is 0 Å². The van der Waals surface area contributed by atoms with Gasteiger partial charge in [-0.25, -0.2) is 4.79 Å². The zero-order valence-electron chi connectivity index (χ0n) is 18.2. The van der Waals surface area contributed by atoms with Crippen LogP contribution in [-0.4, -0.2) is 32.6 Å². The molecule has 2 heterocycles. The van der Waals surface area contributed by atoms with Crippen LogP contribution in [0.1, 0.15) is 13.3 Å². The molecule has 1 N–H and O–H groups in total. The molecule has 0 spiro atoms. The standard InChI is InChI=1S/2C11H9N.C5H6O4/c2*1-2-6-10(7-3-1)11-8-4-5-9-12-11;1-3(6)2-4(7)5(8)9/h2*1-9H;2H2,1H3,(H,8,9). The molecule has 33 heavy (non-hydrogen) atoms. The van der Waals surface area contributed by atoms with E-state index in [0.717, 1.165) is 22.5 Å². The molecule has 0 saturated carbocycles. The molecule has 0 atom stereocenters. The first kappa shape index (κ1) is 24.8. The molecule has 4 aromatic rings. The highest BCUT2D eigenvalue weighted by Gasteiger charge is 2.12. The topological polar surface area (TPSA) is 97.2 Å². The summed E-state index contributed by atoms with van der Waals surface area (Å²) in [5.74, 6) is -3.03. The van der Waals surface area contributed by atoms with Crippen molar-refractivity contribution < 1.29 is 19.5 Å². The van der Waals surface area contributed by atoms with Crippen molar-refractivity contribution in [3.63, 3.8) is 0 Å². The van der Waals surface area contributed by atoms with E-state index < -0.39 is 24.0 Å². The number of pyridine rings is 2. The summed E-state index contributed by atoms with van der Waals surface area (Å²) < 4.78 is 0. The fourth-order valence-electron chi connectivity index (χ4n) is 2.59. The fourth-order valence-corrected chi connectivity index (χ4v) is 2.59. The van der Waals surface area contributed by atoms with Gasteiger partial charge in [0.2, 0.25) is 5.78 Å². The second-order valence-electron chi connectivity index (χ2n) is 6.77. The van der Waals surface area contributed by atoms with Gasteiger partial charge in [-0.1, -0.05) is 72.8 Å². The third kappa shape index (κ3) is 9.48. The summed E-state index contributed by atoms with van der Waals surface area (Å²) >= 11 is 0. The Morgan fingerprint density at radius 3 is 1.30 bits per heavy atom. The number of benzene rings is 2. The maximum absolute atomic E-state index is 10.1. The average Bonchev–Trinajstić information content (AvgIpc) is 2.86. The molecule has 166 valence electrons. The van der Waals surface area contributed by atoms with Crippen LogP contribution in [0.2, 0.25) is 0 Å². The van der Waals surface area contributed by atoms with Gasteiger partial charge in [0.25, 0.3) is 0 Å². The largest absolute Gasteiger partial charge is 0.475 e. The first-order chi connectivity index (χ1) is 16.0. The number of carboxylic acid groups (broad SMARTS) is 1. The summed E-state index contributed by atoms with van der Waals surface area (Å²) in [5, 5.41) is 7.93. The van der Waals surface area contributed by atoms with Crippen molar-refractivity contribution in [2.45, 2.75) is 13.3 Å². The number of carboxylic acids is 1. The van der Waals surface area contributed by atoms with Gasteiger partial charge in [-0.2, -0.15) is 0 Å². The third-order valence-corrected chi connectivity index (χ3v) is 4.12. The number of hydrogen-bond acceptors (Lipinski definition) is 5. The molecule has 0 aliphatic rings. The van der Waals surface area contributed by atoms with Crippen LogP contribution >= 0.6 is 0 Å². The Morgan fingerprint density at radius 1 is 0.636 bits per heavy atom. The minimum absolute atomic E-state index is 0.428. The number of Topliss-reactive ketones (excluding diaryl/α,β-unsaturated/α-hetero) is 2. The van der Waals surface area contributed by atoms with Crippen LogP contribution in [0.5, 0.6) is 0 Å². The molecule has 4 rings (SSSR count). The Morgan fingerprint density at radius 2 is 1.03 bits per heavy atom. The lowest BCUT2D eigenvalue weighted by atomic mass is 10.1. The predicted octanol–water partition coefficient (Wildman–Crippen LogP) is 5.12. The summed E-state index contributed by atoms with van der Waals surface area (Å²) in [5.41, 5.74) is 4.38. The SMILES string of the molecule is CC(=O)CC(=O)C(=O)O.c1ccc(-c2ccccn2)cc1.c1ccc(-c2ccccn2)cc1. The summed E-state index contributed by atoms with van der Waals surface area (Å²) in [6.45, 7) is 1.17. The summed E-state index contributed by atoms with van der Waals surface area (Å²) in [6, 6.07) is 32.2. The highest BCUT2D eigenvalue weighted by atomic mass is 16.4. The normalized spacial score (nSPS) is 9.36. The lowest BCUT2D eigenvalue weighted by molar-refractivity contribution is -0.150. The Balaban J connectivity index is 0.000000178. The first-order valence-corrected chi connectivity index (χ1v) is 10.2. The van der Waals surface area contributed by atoms with Crippen molar-refractivity contribution in [2.24, 2.45) is 0 Å². The monoisotopic (exact) mass is 440 g/mol. The van der Waals surface area contributed by atoms with Gasteiger partial charge in [0.1, 0.15) is 5.78 Å². The van der Waals surface area contributed by atoms with Crippen LogP contribution in [0.15, 0.2) is 109 Å². The number of ketones is 2. The van der Waals surface area contributed by atoms with Crippen LogP contribution in [0.3, 0.4) is 0 Å². The minimum atomic E-state index is -1.55. The highest BCUT2D eigenvalue weighted by molar-refractivity contribution is 6.36. The highest BCUT2D eigenvalue weighted by Crippen LogP contribution is 2.15. The summed E-state index contributed by atoms with van der Waals surface area (Å²) in [6.07, 6.45) is 3.11. The Kier molecular flexibility index (Phi) is 10.4. The number of carbonyl (C=O) groups excluding carboxylic acids is 2. The van der Waals surface area contributed by atoms with Crippen LogP contribution in [-0.2, 0) is 14.4 Å². The zero-order chi connectivity index (χ0) is 23.9. The smallest absolute Gasteiger partial charge is 0.372 e. The van der Waals surface area contributed by atoms with Crippen molar-refractivity contribution in [1.82, 2.24) is 9.97 Å². The van der Waals surface area contributed by atoms with Gasteiger partial charge >= 0.3 is 5.97 Å². The van der Waals surface area contributed by atoms with E-state index in [4.69, 9.17) is 5.11 Å². The molecule has 0 aliphatic carbocycles.